The molecule has 1 aromatic heterocycles. The molecule has 3 aliphatic carbocycles. The lowest BCUT2D eigenvalue weighted by atomic mass is 9.47. The topological polar surface area (TPSA) is 57.5 Å². The first-order chi connectivity index (χ1) is 17.9. The van der Waals surface area contributed by atoms with Crippen molar-refractivity contribution in [2.75, 3.05) is 7.11 Å². The molecule has 6 rings (SSSR count). The summed E-state index contributed by atoms with van der Waals surface area (Å²) in [6.45, 7) is 0.554. The minimum Gasteiger partial charge on any atom is -0.490 e. The number of esters is 1. The molecule has 0 unspecified atom stereocenters. The lowest BCUT2D eigenvalue weighted by molar-refractivity contribution is -0.161. The average Bonchev–Trinajstić information content (AvgIpc) is 3.51. The highest BCUT2D eigenvalue weighted by atomic mass is 19.1. The molecule has 194 valence electrons. The molecular formula is C31H34FNO4. The number of ether oxygens (including phenoxy) is 2. The number of rotatable bonds is 8. The first-order valence-corrected chi connectivity index (χ1v) is 13.6. The molecule has 3 aliphatic rings. The number of hydrogen-bond acceptors (Lipinski definition) is 4. The van der Waals surface area contributed by atoms with Crippen molar-refractivity contribution < 1.29 is 23.5 Å². The van der Waals surface area contributed by atoms with E-state index in [1.165, 1.54) is 26.0 Å². The second kappa shape index (κ2) is 9.62. The van der Waals surface area contributed by atoms with Crippen LogP contribution in [-0.2, 0) is 16.1 Å². The van der Waals surface area contributed by atoms with Crippen LogP contribution in [0, 0.1) is 23.1 Å². The van der Waals surface area contributed by atoms with E-state index in [-0.39, 0.29) is 28.9 Å². The molecule has 3 fully saturated rings. The molecule has 0 amide bonds. The number of Topliss-reactive ketones (excluding diaryl/α,β-unsaturated/α-hetero) is 1. The summed E-state index contributed by atoms with van der Waals surface area (Å²) < 4.78 is 27.6. The van der Waals surface area contributed by atoms with Crippen LogP contribution in [0.15, 0.2) is 48.7 Å². The Hall–Kier alpha value is -3.15. The Balaban J connectivity index is 1.14. The quantitative estimate of drug-likeness (QED) is 0.253. The van der Waals surface area contributed by atoms with Gasteiger partial charge in [0, 0.05) is 30.1 Å². The van der Waals surface area contributed by atoms with Crippen molar-refractivity contribution in [3.63, 3.8) is 0 Å². The molecule has 0 atom stereocenters. The van der Waals surface area contributed by atoms with Crippen molar-refractivity contribution in [3.8, 4) is 5.75 Å². The summed E-state index contributed by atoms with van der Waals surface area (Å²) in [5, 5.41) is 0.483. The number of nitrogens with zero attached hydrogens (tertiary/aromatic N) is 1. The summed E-state index contributed by atoms with van der Waals surface area (Å²) >= 11 is 0. The van der Waals surface area contributed by atoms with Crippen LogP contribution in [0.4, 0.5) is 4.39 Å². The molecule has 0 N–H and O–H groups in total. The monoisotopic (exact) mass is 503 g/mol. The Kier molecular flexibility index (Phi) is 6.29. The summed E-state index contributed by atoms with van der Waals surface area (Å²) in [7, 11) is 1.44. The molecule has 0 saturated heterocycles. The van der Waals surface area contributed by atoms with E-state index in [1.807, 2.05) is 35.0 Å². The maximum atomic E-state index is 14.7. The van der Waals surface area contributed by atoms with Crippen LogP contribution in [0.3, 0.4) is 0 Å². The molecule has 1 spiro atoms. The Morgan fingerprint density at radius 1 is 1.00 bits per heavy atom. The van der Waals surface area contributed by atoms with Crippen molar-refractivity contribution in [1.29, 1.82) is 0 Å². The summed E-state index contributed by atoms with van der Waals surface area (Å²) in [6, 6.07) is 12.9. The standard InChI is InChI=1S/C31H34FNO4/c1-36-30(35)22-17-31(18-22)15-21(16-31)14-28(34)26-10-11-27(32)25-12-13-33(29(25)26)19-20-6-8-24(9-7-20)37-23-4-2-3-5-23/h6-13,21-23H,2-5,14-19H2,1H3. The maximum Gasteiger partial charge on any atom is 0.308 e. The van der Waals surface area contributed by atoms with E-state index in [1.54, 1.807) is 12.1 Å². The Morgan fingerprint density at radius 2 is 1.73 bits per heavy atom. The van der Waals surface area contributed by atoms with Crippen molar-refractivity contribution >= 4 is 22.7 Å². The third-order valence-corrected chi connectivity index (χ3v) is 8.86. The molecule has 0 radical (unpaired) electrons. The van der Waals surface area contributed by atoms with Gasteiger partial charge in [0.2, 0.25) is 0 Å². The first kappa shape index (κ1) is 24.2. The molecule has 5 nitrogen and oxygen atoms in total. The van der Waals surface area contributed by atoms with Crippen molar-refractivity contribution in [2.45, 2.75) is 70.4 Å². The number of methoxy groups -OCH3 is 1. The van der Waals surface area contributed by atoms with Crippen molar-refractivity contribution in [1.82, 2.24) is 4.57 Å². The second-order valence-corrected chi connectivity index (χ2v) is 11.5. The molecule has 3 saturated carbocycles. The van der Waals surface area contributed by atoms with Gasteiger partial charge in [-0.05, 0) is 98.6 Å². The average molecular weight is 504 g/mol. The SMILES string of the molecule is COC(=O)C1CC2(CC(CC(=O)c3ccc(F)c4ccn(Cc5ccc(OC6CCCC6)cc5)c34)C2)C1. The third-order valence-electron chi connectivity index (χ3n) is 8.86. The Labute approximate surface area is 216 Å². The normalized spacial score (nSPS) is 25.1. The molecule has 6 heteroatoms. The number of ketones is 1. The summed E-state index contributed by atoms with van der Waals surface area (Å²) in [5.74, 6) is 0.866. The number of halogens is 1. The highest BCUT2D eigenvalue weighted by Crippen LogP contribution is 2.62. The highest BCUT2D eigenvalue weighted by Gasteiger charge is 2.55. The van der Waals surface area contributed by atoms with Crippen LogP contribution >= 0.6 is 0 Å². The van der Waals surface area contributed by atoms with Gasteiger partial charge < -0.3 is 14.0 Å². The van der Waals surface area contributed by atoms with Gasteiger partial charge in [-0.1, -0.05) is 12.1 Å². The number of aromatic nitrogens is 1. The van der Waals surface area contributed by atoms with Gasteiger partial charge in [-0.15, -0.1) is 0 Å². The number of carbonyl (C=O) groups excluding carboxylic acids is 2. The predicted octanol–water partition coefficient (Wildman–Crippen LogP) is 6.70. The smallest absolute Gasteiger partial charge is 0.308 e. The van der Waals surface area contributed by atoms with Crippen molar-refractivity contribution in [3.05, 3.63) is 65.6 Å². The van der Waals surface area contributed by atoms with Crippen LogP contribution in [0.2, 0.25) is 0 Å². The Bertz CT molecular complexity index is 1310. The van der Waals surface area contributed by atoms with E-state index in [0.717, 1.165) is 49.8 Å². The highest BCUT2D eigenvalue weighted by molar-refractivity contribution is 6.07. The number of fused-ring (bicyclic) bond motifs is 1. The van der Waals surface area contributed by atoms with Crippen LogP contribution in [-0.4, -0.2) is 29.5 Å². The molecule has 37 heavy (non-hydrogen) atoms. The van der Waals surface area contributed by atoms with E-state index in [0.29, 0.717) is 41.5 Å². The predicted molar refractivity (Wildman–Crippen MR) is 139 cm³/mol. The molecule has 3 aromatic rings. The zero-order valence-electron chi connectivity index (χ0n) is 21.4. The van der Waals surface area contributed by atoms with Gasteiger partial charge in [0.15, 0.2) is 5.78 Å². The lowest BCUT2D eigenvalue weighted by Gasteiger charge is -2.57. The fourth-order valence-corrected chi connectivity index (χ4v) is 7.05. The van der Waals surface area contributed by atoms with E-state index in [9.17, 15) is 14.0 Å². The molecule has 0 aliphatic heterocycles. The number of benzene rings is 2. The second-order valence-electron chi connectivity index (χ2n) is 11.5. The largest absolute Gasteiger partial charge is 0.490 e. The van der Waals surface area contributed by atoms with Gasteiger partial charge in [-0.2, -0.15) is 0 Å². The van der Waals surface area contributed by atoms with E-state index < -0.39 is 0 Å². The zero-order chi connectivity index (χ0) is 25.6. The fraction of sp³-hybridized carbons (Fsp3) is 0.484. The lowest BCUT2D eigenvalue weighted by Crippen LogP contribution is -2.50. The van der Waals surface area contributed by atoms with Gasteiger partial charge in [-0.3, -0.25) is 9.59 Å². The molecule has 0 bridgehead atoms. The van der Waals surface area contributed by atoms with E-state index >= 15 is 0 Å². The van der Waals surface area contributed by atoms with Gasteiger partial charge in [0.05, 0.1) is 24.6 Å². The molecular weight excluding hydrogens is 469 g/mol. The summed E-state index contributed by atoms with van der Waals surface area (Å²) in [6.07, 6.45) is 11.1. The number of hydrogen-bond donors (Lipinski definition) is 0. The van der Waals surface area contributed by atoms with Gasteiger partial charge in [0.25, 0.3) is 0 Å². The maximum absolute atomic E-state index is 14.7. The Morgan fingerprint density at radius 3 is 2.43 bits per heavy atom. The first-order valence-electron chi connectivity index (χ1n) is 13.6. The van der Waals surface area contributed by atoms with Crippen LogP contribution in [0.25, 0.3) is 10.9 Å². The number of carbonyl (C=O) groups is 2. The van der Waals surface area contributed by atoms with Gasteiger partial charge >= 0.3 is 5.97 Å². The third kappa shape index (κ3) is 4.67. The van der Waals surface area contributed by atoms with Crippen LogP contribution < -0.4 is 4.74 Å². The minimum absolute atomic E-state index is 0.0185. The van der Waals surface area contributed by atoms with E-state index in [2.05, 4.69) is 0 Å². The zero-order valence-corrected chi connectivity index (χ0v) is 21.4. The van der Waals surface area contributed by atoms with Crippen LogP contribution in [0.5, 0.6) is 5.75 Å². The van der Waals surface area contributed by atoms with Crippen molar-refractivity contribution in [2.24, 2.45) is 17.3 Å². The molecule has 2 aromatic carbocycles. The van der Waals surface area contributed by atoms with Gasteiger partial charge in [-0.25, -0.2) is 4.39 Å². The van der Waals surface area contributed by atoms with Gasteiger partial charge in [0.1, 0.15) is 11.6 Å². The minimum atomic E-state index is -0.309. The van der Waals surface area contributed by atoms with E-state index in [4.69, 9.17) is 9.47 Å². The fourth-order valence-electron chi connectivity index (χ4n) is 7.05. The van der Waals surface area contributed by atoms with Crippen LogP contribution in [0.1, 0.15) is 73.7 Å². The molecule has 1 heterocycles. The summed E-state index contributed by atoms with van der Waals surface area (Å²) in [4.78, 5) is 25.1. The summed E-state index contributed by atoms with van der Waals surface area (Å²) in [5.41, 5.74) is 2.55.